The van der Waals surface area contributed by atoms with Gasteiger partial charge in [-0.2, -0.15) is 5.26 Å². The van der Waals surface area contributed by atoms with Crippen LogP contribution in [0, 0.1) is 23.0 Å². The first kappa shape index (κ1) is 14.2. The normalized spacial score (nSPS) is 11.8. The maximum Gasteiger partial charge on any atom is 0.168 e. The lowest BCUT2D eigenvalue weighted by atomic mass is 10.2. The number of rotatable bonds is 5. The lowest BCUT2D eigenvalue weighted by Gasteiger charge is -2.25. The van der Waals surface area contributed by atoms with Gasteiger partial charge in [-0.15, -0.1) is 0 Å². The number of hydrogen-bond acceptors (Lipinski definition) is 4. The zero-order chi connectivity index (χ0) is 13.7. The zero-order valence-electron chi connectivity index (χ0n) is 10.7. The number of aromatic nitrogens is 1. The van der Waals surface area contributed by atoms with E-state index in [4.69, 9.17) is 5.26 Å². The second-order valence-corrected chi connectivity index (χ2v) is 3.98. The number of nitriles is 1. The first-order valence-corrected chi connectivity index (χ1v) is 5.70. The molecule has 0 saturated carbocycles. The Morgan fingerprint density at radius 3 is 2.72 bits per heavy atom. The van der Waals surface area contributed by atoms with Gasteiger partial charge >= 0.3 is 0 Å². The van der Waals surface area contributed by atoms with Gasteiger partial charge in [0, 0.05) is 25.7 Å². The van der Waals surface area contributed by atoms with Crippen LogP contribution in [0.25, 0.3) is 0 Å². The summed E-state index contributed by atoms with van der Waals surface area (Å²) >= 11 is 0. The van der Waals surface area contributed by atoms with Crippen LogP contribution in [0.15, 0.2) is 6.07 Å². The van der Waals surface area contributed by atoms with E-state index in [1.807, 2.05) is 6.07 Å². The fourth-order valence-corrected chi connectivity index (χ4v) is 1.47. The minimum Gasteiger partial charge on any atom is -0.368 e. The maximum atomic E-state index is 13.7. The van der Waals surface area contributed by atoms with Crippen LogP contribution in [0.5, 0.6) is 0 Å². The van der Waals surface area contributed by atoms with Crippen molar-refractivity contribution in [3.05, 3.63) is 17.7 Å². The lowest BCUT2D eigenvalue weighted by molar-refractivity contribution is 0.564. The van der Waals surface area contributed by atoms with Gasteiger partial charge < -0.3 is 10.2 Å². The Morgan fingerprint density at radius 1 is 1.50 bits per heavy atom. The maximum absolute atomic E-state index is 13.7. The molecule has 1 aromatic heterocycles. The molecular weight excluding hydrogens is 238 g/mol. The Balaban J connectivity index is 3.08. The molecule has 1 unspecified atom stereocenters. The van der Waals surface area contributed by atoms with E-state index in [-0.39, 0.29) is 24.1 Å². The molecule has 0 spiro atoms. The molecule has 98 valence electrons. The van der Waals surface area contributed by atoms with E-state index in [9.17, 15) is 8.78 Å². The largest absolute Gasteiger partial charge is 0.368 e. The summed E-state index contributed by atoms with van der Waals surface area (Å²) in [7, 11) is 1.63. The molecular formula is C12H16F2N4. The fraction of sp³-hybridized carbons (Fsp3) is 0.500. The average molecular weight is 254 g/mol. The minimum absolute atomic E-state index is 0.0184. The number of hydrogen-bond donors (Lipinski definition) is 1. The summed E-state index contributed by atoms with van der Waals surface area (Å²) < 4.78 is 27.1. The first-order chi connectivity index (χ1) is 8.51. The first-order valence-electron chi connectivity index (χ1n) is 5.70. The molecule has 0 aromatic carbocycles. The van der Waals surface area contributed by atoms with Crippen molar-refractivity contribution in [2.75, 3.05) is 23.8 Å². The van der Waals surface area contributed by atoms with Crippen molar-refractivity contribution in [3.63, 3.8) is 0 Å². The van der Waals surface area contributed by atoms with E-state index in [1.165, 1.54) is 4.90 Å². The van der Waals surface area contributed by atoms with E-state index in [0.717, 1.165) is 6.07 Å². The summed E-state index contributed by atoms with van der Waals surface area (Å²) in [6.07, 6.45) is 0.242. The second-order valence-electron chi connectivity index (χ2n) is 3.98. The van der Waals surface area contributed by atoms with E-state index in [1.54, 1.807) is 20.9 Å². The molecule has 0 bridgehead atoms. The summed E-state index contributed by atoms with van der Waals surface area (Å²) in [5, 5.41) is 11.3. The van der Waals surface area contributed by atoms with Crippen LogP contribution in [0.2, 0.25) is 0 Å². The van der Waals surface area contributed by atoms with E-state index >= 15 is 0 Å². The molecule has 1 atom stereocenters. The van der Waals surface area contributed by atoms with Gasteiger partial charge in [-0.3, -0.25) is 0 Å². The van der Waals surface area contributed by atoms with Crippen LogP contribution in [0.4, 0.5) is 20.4 Å². The Hall–Kier alpha value is -1.90. The number of halogens is 2. The molecule has 0 aliphatic carbocycles. The molecule has 1 rings (SSSR count). The van der Waals surface area contributed by atoms with Crippen molar-refractivity contribution in [1.82, 2.24) is 4.98 Å². The van der Waals surface area contributed by atoms with Gasteiger partial charge in [-0.05, 0) is 13.8 Å². The monoisotopic (exact) mass is 254 g/mol. The van der Waals surface area contributed by atoms with Crippen molar-refractivity contribution in [1.29, 1.82) is 5.26 Å². The van der Waals surface area contributed by atoms with Gasteiger partial charge in [-0.1, -0.05) is 0 Å². The topological polar surface area (TPSA) is 52.0 Å². The van der Waals surface area contributed by atoms with Crippen LogP contribution in [-0.4, -0.2) is 24.6 Å². The van der Waals surface area contributed by atoms with Gasteiger partial charge in [0.15, 0.2) is 23.3 Å². The Bertz CT molecular complexity index is 456. The van der Waals surface area contributed by atoms with Gasteiger partial charge in [-0.25, -0.2) is 13.8 Å². The molecule has 0 radical (unpaired) electrons. The highest BCUT2D eigenvalue weighted by Crippen LogP contribution is 2.23. The SMILES string of the molecule is CCNc1nc(N(C)C(C)CC#N)c(F)cc1F. The Labute approximate surface area is 105 Å². The van der Waals surface area contributed by atoms with Gasteiger partial charge in [0.1, 0.15) is 0 Å². The number of pyridine rings is 1. The number of nitrogens with zero attached hydrogens (tertiary/aromatic N) is 3. The third kappa shape index (κ3) is 3.06. The smallest absolute Gasteiger partial charge is 0.168 e. The highest BCUT2D eigenvalue weighted by atomic mass is 19.1. The van der Waals surface area contributed by atoms with Crippen LogP contribution in [0.3, 0.4) is 0 Å². The Morgan fingerprint density at radius 2 is 2.17 bits per heavy atom. The van der Waals surface area contributed by atoms with E-state index in [2.05, 4.69) is 10.3 Å². The van der Waals surface area contributed by atoms with E-state index in [0.29, 0.717) is 6.54 Å². The van der Waals surface area contributed by atoms with Crippen LogP contribution in [-0.2, 0) is 0 Å². The van der Waals surface area contributed by atoms with Crippen LogP contribution >= 0.6 is 0 Å². The Kier molecular flexibility index (Phi) is 4.84. The molecule has 1 N–H and O–H groups in total. The third-order valence-electron chi connectivity index (χ3n) is 2.64. The highest BCUT2D eigenvalue weighted by Gasteiger charge is 2.18. The second kappa shape index (κ2) is 6.15. The molecule has 0 amide bonds. The van der Waals surface area contributed by atoms with Crippen molar-refractivity contribution in [2.45, 2.75) is 26.3 Å². The predicted molar refractivity (Wildman–Crippen MR) is 66.4 cm³/mol. The number of anilines is 2. The average Bonchev–Trinajstić information content (AvgIpc) is 2.32. The molecule has 0 saturated heterocycles. The summed E-state index contributed by atoms with van der Waals surface area (Å²) in [5.74, 6) is -1.40. The zero-order valence-corrected chi connectivity index (χ0v) is 10.7. The molecule has 18 heavy (non-hydrogen) atoms. The van der Waals surface area contributed by atoms with Crippen LogP contribution < -0.4 is 10.2 Å². The minimum atomic E-state index is -0.735. The van der Waals surface area contributed by atoms with Crippen molar-refractivity contribution < 1.29 is 8.78 Å². The molecule has 1 heterocycles. The summed E-state index contributed by atoms with van der Waals surface area (Å²) in [5.41, 5.74) is 0. The fourth-order valence-electron chi connectivity index (χ4n) is 1.47. The summed E-state index contributed by atoms with van der Waals surface area (Å²) in [4.78, 5) is 5.45. The number of nitrogens with one attached hydrogen (secondary N) is 1. The lowest BCUT2D eigenvalue weighted by Crippen LogP contribution is -2.30. The molecule has 4 nitrogen and oxygen atoms in total. The van der Waals surface area contributed by atoms with Crippen LogP contribution in [0.1, 0.15) is 20.3 Å². The van der Waals surface area contributed by atoms with E-state index < -0.39 is 11.6 Å². The quantitative estimate of drug-likeness (QED) is 0.877. The van der Waals surface area contributed by atoms with Gasteiger partial charge in [0.2, 0.25) is 0 Å². The summed E-state index contributed by atoms with van der Waals surface area (Å²) in [6, 6.07) is 2.61. The van der Waals surface area contributed by atoms with Crippen molar-refractivity contribution in [2.24, 2.45) is 0 Å². The standard InChI is InChI=1S/C12H16F2N4/c1-4-16-11-9(13)7-10(14)12(17-11)18(3)8(2)5-6-15/h7-8H,4-5H2,1-3H3,(H,16,17). The predicted octanol–water partition coefficient (Wildman–Crippen LogP) is 2.53. The molecule has 6 heteroatoms. The molecule has 1 aromatic rings. The molecule has 0 fully saturated rings. The molecule has 0 aliphatic heterocycles. The van der Waals surface area contributed by atoms with Gasteiger partial charge in [0.05, 0.1) is 12.5 Å². The third-order valence-corrected chi connectivity index (χ3v) is 2.64. The van der Waals surface area contributed by atoms with Crippen molar-refractivity contribution in [3.8, 4) is 6.07 Å². The highest BCUT2D eigenvalue weighted by molar-refractivity contribution is 5.49. The van der Waals surface area contributed by atoms with Gasteiger partial charge in [0.25, 0.3) is 0 Å². The van der Waals surface area contributed by atoms with Crippen molar-refractivity contribution >= 4 is 11.6 Å². The summed E-state index contributed by atoms with van der Waals surface area (Å²) in [6.45, 7) is 4.07. The molecule has 0 aliphatic rings.